The minimum atomic E-state index is -4.40. The molecule has 3 aromatic rings. The number of ether oxygens (including phenoxy) is 1. The first kappa shape index (κ1) is 25.7. The lowest BCUT2D eigenvalue weighted by atomic mass is 10.2. The molecule has 0 spiro atoms. The van der Waals surface area contributed by atoms with Gasteiger partial charge < -0.3 is 18.6 Å². The van der Waals surface area contributed by atoms with Gasteiger partial charge in [0.05, 0.1) is 21.6 Å². The predicted octanol–water partition coefficient (Wildman–Crippen LogP) is 3.44. The van der Waals surface area contributed by atoms with Crippen LogP contribution in [0.15, 0.2) is 46.7 Å². The average molecular weight is 563 g/mol. The number of fused-ring (bicyclic) bond motifs is 2. The molecule has 0 fully saturated rings. The number of nitrogens with zero attached hydrogens (tertiary/aromatic N) is 2. The zero-order valence-corrected chi connectivity index (χ0v) is 21.2. The summed E-state index contributed by atoms with van der Waals surface area (Å²) in [6, 6.07) is 9.93. The van der Waals surface area contributed by atoms with Gasteiger partial charge in [-0.1, -0.05) is 23.2 Å². The molecule has 0 radical (unpaired) electrons. The third-order valence-corrected chi connectivity index (χ3v) is 7.26. The van der Waals surface area contributed by atoms with Crippen molar-refractivity contribution in [1.29, 1.82) is 0 Å². The Hall–Kier alpha value is -2.35. The fraction of sp³-hybridized carbons (Fsp3) is 0.286. The standard InChI is InChI=1S/C21H20Cl2N2O8S2/c22-14-3-5-18-16(11-14)24(7-1-9-34(26,27)28)20(32-18)13-21-25(8-2-10-35(29,30)31)17-12-15(23)4-6-19(17)33-21/h3-6,11-13H,1-2,7-10H2,(H-,26,27,28,29,30,31). The second kappa shape index (κ2) is 9.96. The van der Waals surface area contributed by atoms with E-state index in [0.29, 0.717) is 44.4 Å². The van der Waals surface area contributed by atoms with Crippen molar-refractivity contribution in [2.24, 2.45) is 0 Å². The fourth-order valence-electron chi connectivity index (χ4n) is 3.73. The van der Waals surface area contributed by atoms with Crippen molar-refractivity contribution in [2.45, 2.75) is 19.4 Å². The molecule has 2 aromatic carbocycles. The van der Waals surface area contributed by atoms with Gasteiger partial charge in [0.15, 0.2) is 12.3 Å². The monoisotopic (exact) mass is 562 g/mol. The van der Waals surface area contributed by atoms with Crippen molar-refractivity contribution in [2.75, 3.05) is 23.0 Å². The maximum absolute atomic E-state index is 11.2. The Morgan fingerprint density at radius 2 is 1.74 bits per heavy atom. The van der Waals surface area contributed by atoms with Gasteiger partial charge in [0.1, 0.15) is 6.08 Å². The molecule has 188 valence electrons. The molecular formula is C21H20Cl2N2O8S2. The predicted molar refractivity (Wildman–Crippen MR) is 129 cm³/mol. The molecule has 0 bridgehead atoms. The van der Waals surface area contributed by atoms with E-state index in [1.165, 1.54) is 0 Å². The van der Waals surface area contributed by atoms with Gasteiger partial charge in [-0.05, 0) is 36.8 Å². The summed E-state index contributed by atoms with van der Waals surface area (Å²) in [6.45, 7) is 0.328. The molecule has 35 heavy (non-hydrogen) atoms. The van der Waals surface area contributed by atoms with Crippen LogP contribution in [0.25, 0.3) is 17.2 Å². The van der Waals surface area contributed by atoms with E-state index >= 15 is 0 Å². The number of rotatable bonds is 9. The Balaban J connectivity index is 1.73. The summed E-state index contributed by atoms with van der Waals surface area (Å²) in [7, 11) is -8.55. The van der Waals surface area contributed by atoms with Gasteiger partial charge in [0.2, 0.25) is 11.5 Å². The van der Waals surface area contributed by atoms with Crippen molar-refractivity contribution < 1.29 is 39.7 Å². The molecule has 0 saturated heterocycles. The Labute approximate surface area is 211 Å². The van der Waals surface area contributed by atoms with Crippen LogP contribution in [0.2, 0.25) is 10.0 Å². The molecule has 1 N–H and O–H groups in total. The van der Waals surface area contributed by atoms with Crippen molar-refractivity contribution in [3.8, 4) is 5.75 Å². The Kier molecular flexibility index (Phi) is 7.32. The number of benzene rings is 2. The topological polar surface area (TPSA) is 141 Å². The largest absolute Gasteiger partial charge is 0.748 e. The lowest BCUT2D eigenvalue weighted by molar-refractivity contribution is -0.677. The van der Waals surface area contributed by atoms with Crippen molar-refractivity contribution in [3.63, 3.8) is 0 Å². The van der Waals surface area contributed by atoms with E-state index in [1.807, 2.05) is 0 Å². The summed E-state index contributed by atoms with van der Waals surface area (Å²) in [4.78, 5) is 1.69. The molecule has 1 aromatic heterocycles. The molecule has 0 saturated carbocycles. The number of halogens is 2. The Bertz CT molecular complexity index is 1520. The van der Waals surface area contributed by atoms with Crippen LogP contribution in [0.5, 0.6) is 5.75 Å². The first-order valence-electron chi connectivity index (χ1n) is 10.4. The highest BCUT2D eigenvalue weighted by atomic mass is 35.5. The molecular weight excluding hydrogens is 543 g/mol. The molecule has 0 atom stereocenters. The highest BCUT2D eigenvalue weighted by Gasteiger charge is 2.30. The van der Waals surface area contributed by atoms with Gasteiger partial charge in [0, 0.05) is 34.8 Å². The van der Waals surface area contributed by atoms with E-state index in [-0.39, 0.29) is 25.9 Å². The second-order valence-corrected chi connectivity index (χ2v) is 11.8. The van der Waals surface area contributed by atoms with Crippen LogP contribution in [0.1, 0.15) is 18.7 Å². The SMILES string of the molecule is O=S(=O)([O-])CCC[n+]1c(/C=C2/Oc3ccc(Cl)cc3N2CCCS(=O)(=O)O)oc2ccc(Cl)cc21. The lowest BCUT2D eigenvalue weighted by Gasteiger charge is -2.17. The molecule has 0 unspecified atom stereocenters. The van der Waals surface area contributed by atoms with Crippen LogP contribution in [0.4, 0.5) is 5.69 Å². The third-order valence-electron chi connectivity index (χ3n) is 5.19. The molecule has 0 aliphatic carbocycles. The quantitative estimate of drug-likeness (QED) is 0.306. The number of oxazole rings is 1. The van der Waals surface area contributed by atoms with Gasteiger partial charge in [-0.15, -0.1) is 0 Å². The fourth-order valence-corrected chi connectivity index (χ4v) is 5.04. The summed E-state index contributed by atoms with van der Waals surface area (Å²) in [5.74, 6) is 0.0770. The van der Waals surface area contributed by atoms with Gasteiger partial charge in [-0.3, -0.25) is 4.55 Å². The first-order chi connectivity index (χ1) is 16.4. The van der Waals surface area contributed by atoms with Gasteiger partial charge >= 0.3 is 5.89 Å². The summed E-state index contributed by atoms with van der Waals surface area (Å²) in [5, 5.41) is 0.884. The van der Waals surface area contributed by atoms with Crippen molar-refractivity contribution >= 4 is 66.3 Å². The van der Waals surface area contributed by atoms with Crippen LogP contribution in [-0.2, 0) is 26.8 Å². The number of aromatic nitrogens is 1. The number of aryl methyl sites for hydroxylation is 1. The Morgan fingerprint density at radius 1 is 1.03 bits per heavy atom. The minimum absolute atomic E-state index is 0.0442. The zero-order valence-electron chi connectivity index (χ0n) is 18.1. The highest BCUT2D eigenvalue weighted by molar-refractivity contribution is 7.85. The molecule has 2 heterocycles. The smallest absolute Gasteiger partial charge is 0.379 e. The first-order valence-corrected chi connectivity index (χ1v) is 14.3. The van der Waals surface area contributed by atoms with E-state index in [2.05, 4.69) is 0 Å². The van der Waals surface area contributed by atoms with Gasteiger partial charge in [0.25, 0.3) is 15.6 Å². The number of hydrogen-bond acceptors (Lipinski definition) is 8. The van der Waals surface area contributed by atoms with Crippen LogP contribution in [-0.4, -0.2) is 44.0 Å². The van der Waals surface area contributed by atoms with Gasteiger partial charge in [-0.2, -0.15) is 13.0 Å². The van der Waals surface area contributed by atoms with E-state index < -0.39 is 31.7 Å². The maximum Gasteiger partial charge on any atom is 0.379 e. The lowest BCUT2D eigenvalue weighted by Crippen LogP contribution is -2.36. The molecule has 1 aliphatic rings. The van der Waals surface area contributed by atoms with E-state index in [1.54, 1.807) is 51.9 Å². The van der Waals surface area contributed by atoms with Crippen LogP contribution in [0, 0.1) is 0 Å². The molecule has 14 heteroatoms. The van der Waals surface area contributed by atoms with E-state index in [0.717, 1.165) is 0 Å². The summed E-state index contributed by atoms with van der Waals surface area (Å²) < 4.78 is 78.4. The zero-order chi connectivity index (χ0) is 25.4. The molecule has 4 rings (SSSR count). The second-order valence-electron chi connectivity index (χ2n) is 7.81. The van der Waals surface area contributed by atoms with Crippen LogP contribution < -0.4 is 14.2 Å². The van der Waals surface area contributed by atoms with Crippen molar-refractivity contribution in [1.82, 2.24) is 0 Å². The Morgan fingerprint density at radius 3 is 2.46 bits per heavy atom. The van der Waals surface area contributed by atoms with Crippen molar-refractivity contribution in [3.05, 3.63) is 58.2 Å². The third kappa shape index (κ3) is 6.46. The highest BCUT2D eigenvalue weighted by Crippen LogP contribution is 2.41. The molecule has 10 nitrogen and oxygen atoms in total. The normalized spacial score (nSPS) is 15.1. The average Bonchev–Trinajstić information content (AvgIpc) is 3.24. The summed E-state index contributed by atoms with van der Waals surface area (Å²) in [5.41, 5.74) is 1.66. The van der Waals surface area contributed by atoms with Crippen LogP contribution in [0.3, 0.4) is 0 Å². The summed E-state index contributed by atoms with van der Waals surface area (Å²) >= 11 is 12.3. The van der Waals surface area contributed by atoms with E-state index in [9.17, 15) is 21.4 Å². The summed E-state index contributed by atoms with van der Waals surface area (Å²) in [6.07, 6.45) is 1.71. The number of anilines is 1. The van der Waals surface area contributed by atoms with Crippen LogP contribution >= 0.6 is 23.2 Å². The van der Waals surface area contributed by atoms with E-state index in [4.69, 9.17) is 36.9 Å². The number of hydrogen-bond donors (Lipinski definition) is 1. The minimum Gasteiger partial charge on any atom is -0.748 e. The molecule has 1 aliphatic heterocycles. The molecule has 0 amide bonds. The maximum atomic E-state index is 11.2. The van der Waals surface area contributed by atoms with Gasteiger partial charge in [-0.25, -0.2) is 8.42 Å².